The molecule has 0 fully saturated rings. The minimum Gasteiger partial charge on any atom is -0.395 e. The van der Waals surface area contributed by atoms with Crippen molar-refractivity contribution in [3.8, 4) is 12.3 Å². The predicted octanol–water partition coefficient (Wildman–Crippen LogP) is 0.322. The molecule has 0 saturated heterocycles. The van der Waals surface area contributed by atoms with Crippen LogP contribution in [-0.4, -0.2) is 35.7 Å². The third-order valence-corrected chi connectivity index (χ3v) is 1.41. The summed E-state index contributed by atoms with van der Waals surface area (Å²) in [5.74, 6) is 2.55. The number of hydrogen-bond acceptors (Lipinski definition) is 2. The van der Waals surface area contributed by atoms with E-state index in [4.69, 9.17) is 11.5 Å². The minimum atomic E-state index is 0.180. The van der Waals surface area contributed by atoms with Crippen LogP contribution < -0.4 is 0 Å². The average Bonchev–Trinajstić information content (AvgIpc) is 1.87. The molecule has 0 aromatic rings. The molecule has 0 aliphatic rings. The molecule has 0 spiro atoms. The van der Waals surface area contributed by atoms with Crippen molar-refractivity contribution in [2.45, 2.75) is 19.9 Å². The van der Waals surface area contributed by atoms with E-state index in [1.165, 1.54) is 0 Å². The molecule has 0 atom stereocenters. The maximum Gasteiger partial charge on any atom is 0.0601 e. The van der Waals surface area contributed by atoms with Gasteiger partial charge in [-0.1, -0.05) is 5.92 Å². The van der Waals surface area contributed by atoms with Crippen LogP contribution in [0.25, 0.3) is 0 Å². The molecule has 0 heterocycles. The maximum atomic E-state index is 8.60. The van der Waals surface area contributed by atoms with Crippen LogP contribution >= 0.6 is 0 Å². The van der Waals surface area contributed by atoms with E-state index in [2.05, 4.69) is 19.8 Å². The normalized spacial score (nSPS) is 10.4. The van der Waals surface area contributed by atoms with E-state index in [9.17, 15) is 0 Å². The van der Waals surface area contributed by atoms with Crippen LogP contribution in [0.3, 0.4) is 0 Å². The van der Waals surface area contributed by atoms with Crippen molar-refractivity contribution in [1.82, 2.24) is 4.90 Å². The van der Waals surface area contributed by atoms with Gasteiger partial charge < -0.3 is 5.11 Å². The zero-order chi connectivity index (χ0) is 7.98. The Labute approximate surface area is 62.8 Å². The molecular weight excluding hydrogens is 126 g/mol. The second-order valence-electron chi connectivity index (χ2n) is 2.49. The number of terminal acetylenes is 1. The molecule has 1 N–H and O–H groups in total. The second-order valence-corrected chi connectivity index (χ2v) is 2.49. The lowest BCUT2D eigenvalue weighted by Gasteiger charge is -2.22. The summed E-state index contributed by atoms with van der Waals surface area (Å²) in [5, 5.41) is 8.60. The van der Waals surface area contributed by atoms with Crippen LogP contribution in [-0.2, 0) is 0 Å². The minimum absolute atomic E-state index is 0.180. The molecule has 0 aliphatic carbocycles. The smallest absolute Gasteiger partial charge is 0.0601 e. The highest BCUT2D eigenvalue weighted by atomic mass is 16.3. The Morgan fingerprint density at radius 1 is 1.60 bits per heavy atom. The fourth-order valence-electron chi connectivity index (χ4n) is 0.766. The Hall–Kier alpha value is -0.520. The van der Waals surface area contributed by atoms with Crippen molar-refractivity contribution in [1.29, 1.82) is 0 Å². The Morgan fingerprint density at radius 3 is 2.50 bits per heavy atom. The van der Waals surface area contributed by atoms with Gasteiger partial charge in [-0.3, -0.25) is 4.90 Å². The van der Waals surface area contributed by atoms with Crippen molar-refractivity contribution in [3.05, 3.63) is 0 Å². The number of nitrogens with zero attached hydrogens (tertiary/aromatic N) is 1. The summed E-state index contributed by atoms with van der Waals surface area (Å²) in [6.07, 6.45) is 5.12. The zero-order valence-electron chi connectivity index (χ0n) is 6.67. The first kappa shape index (κ1) is 9.48. The highest BCUT2D eigenvalue weighted by Crippen LogP contribution is 1.94. The SMILES string of the molecule is C#CCN(CCO)C(C)C. The Balaban J connectivity index is 3.63. The van der Waals surface area contributed by atoms with Crippen molar-refractivity contribution in [2.24, 2.45) is 0 Å². The van der Waals surface area contributed by atoms with Gasteiger partial charge in [0.05, 0.1) is 13.2 Å². The molecular formula is C8H15NO. The molecule has 10 heavy (non-hydrogen) atoms. The lowest BCUT2D eigenvalue weighted by molar-refractivity contribution is 0.182. The monoisotopic (exact) mass is 141 g/mol. The fourth-order valence-corrected chi connectivity index (χ4v) is 0.766. The first-order valence-corrected chi connectivity index (χ1v) is 3.50. The summed E-state index contributed by atoms with van der Waals surface area (Å²) < 4.78 is 0. The van der Waals surface area contributed by atoms with E-state index in [0.29, 0.717) is 19.1 Å². The first-order chi connectivity index (χ1) is 4.72. The van der Waals surface area contributed by atoms with E-state index in [0.717, 1.165) is 0 Å². The number of aliphatic hydroxyl groups is 1. The van der Waals surface area contributed by atoms with Crippen LogP contribution in [0, 0.1) is 12.3 Å². The fraction of sp³-hybridized carbons (Fsp3) is 0.750. The Bertz CT molecular complexity index is 115. The number of aliphatic hydroxyl groups excluding tert-OH is 1. The summed E-state index contributed by atoms with van der Waals surface area (Å²) in [4.78, 5) is 2.04. The van der Waals surface area contributed by atoms with Crippen LogP contribution in [0.4, 0.5) is 0 Å². The molecule has 0 aromatic carbocycles. The summed E-state index contributed by atoms with van der Waals surface area (Å²) in [7, 11) is 0. The molecule has 0 rings (SSSR count). The summed E-state index contributed by atoms with van der Waals surface area (Å²) in [5.41, 5.74) is 0. The van der Waals surface area contributed by atoms with E-state index >= 15 is 0 Å². The third kappa shape index (κ3) is 3.49. The summed E-state index contributed by atoms with van der Waals surface area (Å²) in [6, 6.07) is 0.420. The molecule has 58 valence electrons. The van der Waals surface area contributed by atoms with Gasteiger partial charge in [0.15, 0.2) is 0 Å². The lowest BCUT2D eigenvalue weighted by Crippen LogP contribution is -2.33. The van der Waals surface area contributed by atoms with E-state index in [1.54, 1.807) is 0 Å². The third-order valence-electron chi connectivity index (χ3n) is 1.41. The molecule has 0 amide bonds. The van der Waals surface area contributed by atoms with Crippen LogP contribution in [0.15, 0.2) is 0 Å². The van der Waals surface area contributed by atoms with Crippen molar-refractivity contribution in [2.75, 3.05) is 19.7 Å². The van der Waals surface area contributed by atoms with Crippen LogP contribution in [0.5, 0.6) is 0 Å². The van der Waals surface area contributed by atoms with Gasteiger partial charge in [-0.2, -0.15) is 0 Å². The zero-order valence-corrected chi connectivity index (χ0v) is 6.67. The highest BCUT2D eigenvalue weighted by Gasteiger charge is 2.05. The first-order valence-electron chi connectivity index (χ1n) is 3.50. The standard InChI is InChI=1S/C8H15NO/c1-4-5-9(6-7-10)8(2)3/h1,8,10H,5-7H2,2-3H3. The van der Waals surface area contributed by atoms with Crippen molar-refractivity contribution in [3.63, 3.8) is 0 Å². The van der Waals surface area contributed by atoms with Gasteiger partial charge in [0.25, 0.3) is 0 Å². The van der Waals surface area contributed by atoms with Gasteiger partial charge in [-0.25, -0.2) is 0 Å². The van der Waals surface area contributed by atoms with Gasteiger partial charge in [-0.05, 0) is 13.8 Å². The molecule has 2 heteroatoms. The van der Waals surface area contributed by atoms with Gasteiger partial charge in [0, 0.05) is 12.6 Å². The van der Waals surface area contributed by atoms with Gasteiger partial charge >= 0.3 is 0 Å². The molecule has 0 aromatic heterocycles. The van der Waals surface area contributed by atoms with Gasteiger partial charge in [0.2, 0.25) is 0 Å². The summed E-state index contributed by atoms with van der Waals surface area (Å²) in [6.45, 7) is 5.60. The second kappa shape index (κ2) is 5.28. The van der Waals surface area contributed by atoms with E-state index in [-0.39, 0.29) is 6.61 Å². The van der Waals surface area contributed by atoms with Crippen LogP contribution in [0.1, 0.15) is 13.8 Å². The van der Waals surface area contributed by atoms with Gasteiger partial charge in [0.1, 0.15) is 0 Å². The molecule has 0 bridgehead atoms. The van der Waals surface area contributed by atoms with Gasteiger partial charge in [-0.15, -0.1) is 6.42 Å². The topological polar surface area (TPSA) is 23.5 Å². The molecule has 0 unspecified atom stereocenters. The van der Waals surface area contributed by atoms with Crippen LogP contribution in [0.2, 0.25) is 0 Å². The molecule has 0 saturated carbocycles. The molecule has 0 radical (unpaired) electrons. The lowest BCUT2D eigenvalue weighted by atomic mass is 10.3. The number of rotatable bonds is 4. The van der Waals surface area contributed by atoms with E-state index in [1.807, 2.05) is 4.90 Å². The van der Waals surface area contributed by atoms with E-state index < -0.39 is 0 Å². The Kier molecular flexibility index (Phi) is 5.00. The summed E-state index contributed by atoms with van der Waals surface area (Å²) >= 11 is 0. The maximum absolute atomic E-state index is 8.60. The highest BCUT2D eigenvalue weighted by molar-refractivity contribution is 4.88. The predicted molar refractivity (Wildman–Crippen MR) is 42.6 cm³/mol. The molecule has 0 aliphatic heterocycles. The largest absolute Gasteiger partial charge is 0.395 e. The Morgan fingerprint density at radius 2 is 2.20 bits per heavy atom. The van der Waals surface area contributed by atoms with Crippen molar-refractivity contribution >= 4 is 0 Å². The van der Waals surface area contributed by atoms with Crippen molar-refractivity contribution < 1.29 is 5.11 Å². The quantitative estimate of drug-likeness (QED) is 0.570. The number of hydrogen-bond donors (Lipinski definition) is 1. The molecule has 2 nitrogen and oxygen atoms in total. The average molecular weight is 141 g/mol.